The number of hydrogen-bond donors (Lipinski definition) is 2. The first-order chi connectivity index (χ1) is 5.40. The van der Waals surface area contributed by atoms with Crippen LogP contribution in [0, 0.1) is 0 Å². The van der Waals surface area contributed by atoms with Crippen molar-refractivity contribution < 1.29 is 9.84 Å². The maximum atomic E-state index is 9.84. The summed E-state index contributed by atoms with van der Waals surface area (Å²) in [6, 6.07) is 0.389. The number of aliphatic hydroxyl groups is 1. The van der Waals surface area contributed by atoms with E-state index in [1.165, 1.54) is 0 Å². The van der Waals surface area contributed by atoms with Gasteiger partial charge < -0.3 is 15.2 Å². The molecule has 0 saturated heterocycles. The van der Waals surface area contributed by atoms with Crippen molar-refractivity contribution in [2.75, 3.05) is 13.7 Å². The van der Waals surface area contributed by atoms with E-state index in [4.69, 9.17) is 4.74 Å². The summed E-state index contributed by atoms with van der Waals surface area (Å²) in [7, 11) is 1.61. The van der Waals surface area contributed by atoms with E-state index in [1.54, 1.807) is 14.0 Å². The third-order valence-corrected chi connectivity index (χ3v) is 2.10. The van der Waals surface area contributed by atoms with Crippen molar-refractivity contribution in [3.8, 4) is 0 Å². The first-order valence-corrected chi connectivity index (χ1v) is 4.38. The first kappa shape index (κ1) is 11.9. The Labute approximate surface area is 75.1 Å². The molecule has 74 valence electrons. The average Bonchev–Trinajstić information content (AvgIpc) is 1.99. The van der Waals surface area contributed by atoms with Gasteiger partial charge in [-0.2, -0.15) is 0 Å². The summed E-state index contributed by atoms with van der Waals surface area (Å²) in [6.07, 6.45) is -0.149. The van der Waals surface area contributed by atoms with Crippen molar-refractivity contribution in [1.82, 2.24) is 5.32 Å². The number of nitrogens with one attached hydrogen (secondary N) is 1. The van der Waals surface area contributed by atoms with Gasteiger partial charge in [-0.25, -0.2) is 0 Å². The van der Waals surface area contributed by atoms with Crippen molar-refractivity contribution in [3.05, 3.63) is 0 Å². The van der Waals surface area contributed by atoms with Gasteiger partial charge in [0.2, 0.25) is 0 Å². The van der Waals surface area contributed by atoms with Gasteiger partial charge in [-0.05, 0) is 13.8 Å². The van der Waals surface area contributed by atoms with E-state index in [1.807, 2.05) is 20.8 Å². The first-order valence-electron chi connectivity index (χ1n) is 4.38. The van der Waals surface area contributed by atoms with E-state index in [2.05, 4.69) is 5.32 Å². The summed E-state index contributed by atoms with van der Waals surface area (Å²) in [5.74, 6) is 0. The highest BCUT2D eigenvalue weighted by atomic mass is 16.5. The van der Waals surface area contributed by atoms with Crippen LogP contribution in [0.2, 0.25) is 0 Å². The number of ether oxygens (including phenoxy) is 1. The molecule has 0 spiro atoms. The molecule has 0 aliphatic rings. The van der Waals surface area contributed by atoms with Gasteiger partial charge in [-0.1, -0.05) is 13.8 Å². The Morgan fingerprint density at radius 3 is 2.25 bits per heavy atom. The summed E-state index contributed by atoms with van der Waals surface area (Å²) in [5, 5.41) is 13.0. The molecule has 0 saturated carbocycles. The van der Waals surface area contributed by atoms with Gasteiger partial charge in [-0.15, -0.1) is 0 Å². The second-order valence-corrected chi connectivity index (χ2v) is 3.77. The van der Waals surface area contributed by atoms with Gasteiger partial charge in [0.15, 0.2) is 0 Å². The molecule has 0 rings (SSSR count). The van der Waals surface area contributed by atoms with Crippen LogP contribution in [0.1, 0.15) is 27.7 Å². The summed E-state index contributed by atoms with van der Waals surface area (Å²) >= 11 is 0. The third kappa shape index (κ3) is 4.04. The second kappa shape index (κ2) is 4.80. The smallest absolute Gasteiger partial charge is 0.100 e. The van der Waals surface area contributed by atoms with Gasteiger partial charge in [0.05, 0.1) is 6.10 Å². The van der Waals surface area contributed by atoms with Crippen LogP contribution in [0.15, 0.2) is 0 Å². The van der Waals surface area contributed by atoms with E-state index >= 15 is 0 Å². The predicted octanol–water partition coefficient (Wildman–Crippen LogP) is 0.770. The molecule has 0 aromatic rings. The molecule has 2 N–H and O–H groups in total. The quantitative estimate of drug-likeness (QED) is 0.648. The van der Waals surface area contributed by atoms with Gasteiger partial charge in [0, 0.05) is 19.7 Å². The molecule has 0 aromatic heterocycles. The van der Waals surface area contributed by atoms with E-state index in [9.17, 15) is 5.11 Å². The molecule has 0 aliphatic heterocycles. The highest BCUT2D eigenvalue weighted by Crippen LogP contribution is 2.10. The number of hydrogen-bond acceptors (Lipinski definition) is 3. The molecule has 2 atom stereocenters. The molecule has 3 nitrogen and oxygen atoms in total. The van der Waals surface area contributed by atoms with Gasteiger partial charge in [0.25, 0.3) is 0 Å². The zero-order chi connectivity index (χ0) is 9.78. The standard InChI is InChI=1S/C9H21NO2/c1-7(2)10-6-9(4,11)8(3)12-5/h7-8,10-11H,6H2,1-5H3. The maximum absolute atomic E-state index is 9.84. The lowest BCUT2D eigenvalue weighted by molar-refractivity contribution is -0.0711. The van der Waals surface area contributed by atoms with Crippen molar-refractivity contribution in [3.63, 3.8) is 0 Å². The van der Waals surface area contributed by atoms with Gasteiger partial charge >= 0.3 is 0 Å². The van der Waals surface area contributed by atoms with Crippen molar-refractivity contribution >= 4 is 0 Å². The van der Waals surface area contributed by atoms with Crippen LogP contribution in [-0.4, -0.2) is 36.5 Å². The molecular formula is C9H21NO2. The Bertz CT molecular complexity index is 124. The van der Waals surface area contributed by atoms with Gasteiger partial charge in [0.1, 0.15) is 5.60 Å². The minimum Gasteiger partial charge on any atom is -0.386 e. The zero-order valence-electron chi connectivity index (χ0n) is 8.72. The second-order valence-electron chi connectivity index (χ2n) is 3.77. The van der Waals surface area contributed by atoms with Crippen molar-refractivity contribution in [1.29, 1.82) is 0 Å². The topological polar surface area (TPSA) is 41.5 Å². The Morgan fingerprint density at radius 1 is 1.42 bits per heavy atom. The van der Waals surface area contributed by atoms with Gasteiger partial charge in [-0.3, -0.25) is 0 Å². The molecule has 0 radical (unpaired) electrons. The highest BCUT2D eigenvalue weighted by Gasteiger charge is 2.27. The fourth-order valence-corrected chi connectivity index (χ4v) is 0.808. The fraction of sp³-hybridized carbons (Fsp3) is 1.00. The monoisotopic (exact) mass is 175 g/mol. The molecular weight excluding hydrogens is 154 g/mol. The van der Waals surface area contributed by atoms with Crippen LogP contribution in [0.5, 0.6) is 0 Å². The molecule has 0 heterocycles. The number of rotatable bonds is 5. The highest BCUT2D eigenvalue weighted by molar-refractivity contribution is 4.82. The lowest BCUT2D eigenvalue weighted by Gasteiger charge is -2.30. The Kier molecular flexibility index (Phi) is 4.75. The molecule has 0 bridgehead atoms. The van der Waals surface area contributed by atoms with Crippen LogP contribution >= 0.6 is 0 Å². The summed E-state index contributed by atoms with van der Waals surface area (Å²) in [6.45, 7) is 8.29. The molecule has 0 amide bonds. The molecule has 0 fully saturated rings. The molecule has 0 aromatic carbocycles. The lowest BCUT2D eigenvalue weighted by atomic mass is 10.0. The summed E-state index contributed by atoms with van der Waals surface area (Å²) < 4.78 is 5.06. The van der Waals surface area contributed by atoms with Crippen molar-refractivity contribution in [2.24, 2.45) is 0 Å². The molecule has 12 heavy (non-hydrogen) atoms. The van der Waals surface area contributed by atoms with E-state index in [0.717, 1.165) is 0 Å². The van der Waals surface area contributed by atoms with Crippen LogP contribution in [0.25, 0.3) is 0 Å². The Balaban J connectivity index is 3.86. The Hall–Kier alpha value is -0.120. The SMILES string of the molecule is COC(C)C(C)(O)CNC(C)C. The molecule has 0 aliphatic carbocycles. The fourth-order valence-electron chi connectivity index (χ4n) is 0.808. The lowest BCUT2D eigenvalue weighted by Crippen LogP contribution is -2.48. The van der Waals surface area contributed by atoms with Crippen molar-refractivity contribution in [2.45, 2.75) is 45.4 Å². The van der Waals surface area contributed by atoms with Crippen LogP contribution in [0.4, 0.5) is 0 Å². The molecule has 2 unspecified atom stereocenters. The summed E-state index contributed by atoms with van der Waals surface area (Å²) in [4.78, 5) is 0. The number of methoxy groups -OCH3 is 1. The third-order valence-electron chi connectivity index (χ3n) is 2.10. The largest absolute Gasteiger partial charge is 0.386 e. The van der Waals surface area contributed by atoms with E-state index in [-0.39, 0.29) is 6.10 Å². The normalized spacial score (nSPS) is 19.2. The predicted molar refractivity (Wildman–Crippen MR) is 50.2 cm³/mol. The van der Waals surface area contributed by atoms with Crippen LogP contribution < -0.4 is 5.32 Å². The average molecular weight is 175 g/mol. The Morgan fingerprint density at radius 2 is 1.92 bits per heavy atom. The minimum atomic E-state index is -0.793. The zero-order valence-corrected chi connectivity index (χ0v) is 8.72. The van der Waals surface area contributed by atoms with E-state index < -0.39 is 5.60 Å². The van der Waals surface area contributed by atoms with Crippen LogP contribution in [0.3, 0.4) is 0 Å². The van der Waals surface area contributed by atoms with Crippen LogP contribution in [-0.2, 0) is 4.74 Å². The minimum absolute atomic E-state index is 0.149. The molecule has 3 heteroatoms. The maximum Gasteiger partial charge on any atom is 0.100 e. The summed E-state index contributed by atoms with van der Waals surface area (Å²) in [5.41, 5.74) is -0.793. The van der Waals surface area contributed by atoms with E-state index in [0.29, 0.717) is 12.6 Å².